The number of halogens is 2. The third-order valence-electron chi connectivity index (χ3n) is 3.39. The Morgan fingerprint density at radius 2 is 2.21 bits per heavy atom. The van der Waals surface area contributed by atoms with Crippen LogP contribution in [0.25, 0.3) is 0 Å². The average Bonchev–Trinajstić information content (AvgIpc) is 2.77. The summed E-state index contributed by atoms with van der Waals surface area (Å²) < 4.78 is 0. The average molecular weight is 313 g/mol. The van der Waals surface area contributed by atoms with Crippen LogP contribution in [0.2, 0.25) is 10.0 Å². The summed E-state index contributed by atoms with van der Waals surface area (Å²) in [5, 5.41) is 2.45. The second kappa shape index (κ2) is 5.41. The highest BCUT2D eigenvalue weighted by Crippen LogP contribution is 2.34. The highest BCUT2D eigenvalue weighted by Gasteiger charge is 2.21. The fraction of sp³-hybridized carbons (Fsp3) is 0.357. The van der Waals surface area contributed by atoms with E-state index in [0.717, 1.165) is 36.3 Å². The van der Waals surface area contributed by atoms with Crippen molar-refractivity contribution in [3.63, 3.8) is 0 Å². The van der Waals surface area contributed by atoms with Gasteiger partial charge in [-0.3, -0.25) is 0 Å². The number of rotatable bonds is 2. The van der Waals surface area contributed by atoms with Crippen LogP contribution in [0.3, 0.4) is 0 Å². The van der Waals surface area contributed by atoms with E-state index in [0.29, 0.717) is 10.0 Å². The smallest absolute Gasteiger partial charge is 0.0976 e. The maximum atomic E-state index is 6.20. The summed E-state index contributed by atoms with van der Waals surface area (Å²) in [6, 6.07) is 5.76. The Morgan fingerprint density at radius 3 is 2.95 bits per heavy atom. The number of fused-ring (bicyclic) bond motifs is 1. The summed E-state index contributed by atoms with van der Waals surface area (Å²) in [5.41, 5.74) is 8.37. The van der Waals surface area contributed by atoms with E-state index in [1.807, 2.05) is 12.1 Å². The number of nitrogens with two attached hydrogens (primary N) is 1. The summed E-state index contributed by atoms with van der Waals surface area (Å²) in [6.45, 7) is 0. The van der Waals surface area contributed by atoms with Crippen LogP contribution in [0, 0.1) is 0 Å². The number of hydrogen-bond acceptors (Lipinski definition) is 3. The Kier molecular flexibility index (Phi) is 3.81. The van der Waals surface area contributed by atoms with E-state index < -0.39 is 0 Å². The molecule has 3 rings (SSSR count). The molecular formula is C14H14Cl2N2S. The molecule has 100 valence electrons. The minimum absolute atomic E-state index is 0.163. The number of nitrogens with zero attached hydrogens (tertiary/aromatic N) is 1. The Balaban J connectivity index is 1.87. The fourth-order valence-electron chi connectivity index (χ4n) is 2.41. The third kappa shape index (κ3) is 2.79. The molecule has 1 unspecified atom stereocenters. The van der Waals surface area contributed by atoms with Gasteiger partial charge in [-0.15, -0.1) is 11.3 Å². The first-order chi connectivity index (χ1) is 9.13. The summed E-state index contributed by atoms with van der Waals surface area (Å²) in [5.74, 6) is 0. The number of thiazole rings is 1. The lowest BCUT2D eigenvalue weighted by molar-refractivity contribution is 0.573. The molecule has 0 fully saturated rings. The normalized spacial score (nSPS) is 18.4. The Labute approximate surface area is 126 Å². The zero-order valence-electron chi connectivity index (χ0n) is 10.3. The number of aryl methyl sites for hydroxylation is 1. The minimum atomic E-state index is 0.163. The van der Waals surface area contributed by atoms with Gasteiger partial charge in [-0.05, 0) is 37.0 Å². The molecule has 0 aliphatic heterocycles. The second-order valence-electron chi connectivity index (χ2n) is 4.83. The van der Waals surface area contributed by atoms with Gasteiger partial charge < -0.3 is 5.73 Å². The molecule has 1 heterocycles. The van der Waals surface area contributed by atoms with E-state index in [-0.39, 0.29) is 6.04 Å². The fourth-order valence-corrected chi connectivity index (χ4v) is 4.05. The van der Waals surface area contributed by atoms with Crippen LogP contribution < -0.4 is 5.73 Å². The number of benzene rings is 1. The summed E-state index contributed by atoms with van der Waals surface area (Å²) in [7, 11) is 0. The molecule has 0 saturated carbocycles. The molecule has 19 heavy (non-hydrogen) atoms. The molecule has 5 heteroatoms. The lowest BCUT2D eigenvalue weighted by Crippen LogP contribution is -2.15. The van der Waals surface area contributed by atoms with Crippen molar-refractivity contribution in [2.24, 2.45) is 5.73 Å². The van der Waals surface area contributed by atoms with Gasteiger partial charge in [0.1, 0.15) is 0 Å². The van der Waals surface area contributed by atoms with E-state index in [1.165, 1.54) is 10.6 Å². The predicted molar refractivity (Wildman–Crippen MR) is 81.2 cm³/mol. The molecule has 0 radical (unpaired) electrons. The van der Waals surface area contributed by atoms with Crippen LogP contribution in [0.5, 0.6) is 0 Å². The molecule has 1 aromatic carbocycles. The Morgan fingerprint density at radius 1 is 1.37 bits per heavy atom. The van der Waals surface area contributed by atoms with Gasteiger partial charge in [-0.2, -0.15) is 0 Å². The van der Waals surface area contributed by atoms with Crippen molar-refractivity contribution < 1.29 is 0 Å². The Bertz CT molecular complexity index is 609. The highest BCUT2D eigenvalue weighted by atomic mass is 35.5. The van der Waals surface area contributed by atoms with Crippen molar-refractivity contribution in [3.8, 4) is 0 Å². The number of hydrogen-bond donors (Lipinski definition) is 1. The standard InChI is InChI=1S/C14H14Cl2N2S/c15-9-5-4-8(10(16)7-9)6-13-18-12-3-1-2-11(17)14(12)19-13/h4-5,7,11H,1-3,6,17H2. The maximum Gasteiger partial charge on any atom is 0.0976 e. The van der Waals surface area contributed by atoms with Crippen LogP contribution >= 0.6 is 34.5 Å². The third-order valence-corrected chi connectivity index (χ3v) is 5.21. The minimum Gasteiger partial charge on any atom is -0.323 e. The molecule has 2 aromatic rings. The van der Waals surface area contributed by atoms with E-state index in [4.69, 9.17) is 33.9 Å². The van der Waals surface area contributed by atoms with Crippen molar-refractivity contribution in [1.82, 2.24) is 4.98 Å². The summed E-state index contributed by atoms with van der Waals surface area (Å²) in [4.78, 5) is 5.96. The maximum absolute atomic E-state index is 6.20. The van der Waals surface area contributed by atoms with Gasteiger partial charge >= 0.3 is 0 Å². The van der Waals surface area contributed by atoms with Gasteiger partial charge in [0.2, 0.25) is 0 Å². The van der Waals surface area contributed by atoms with E-state index >= 15 is 0 Å². The Hall–Kier alpha value is -0.610. The summed E-state index contributed by atoms with van der Waals surface area (Å²) >= 11 is 13.8. The SMILES string of the molecule is NC1CCCc2nc(Cc3ccc(Cl)cc3Cl)sc21. The van der Waals surface area contributed by atoms with Gasteiger partial charge in [0, 0.05) is 27.4 Å². The first-order valence-corrected chi connectivity index (χ1v) is 7.88. The van der Waals surface area contributed by atoms with Crippen molar-refractivity contribution >= 4 is 34.5 Å². The first-order valence-electron chi connectivity index (χ1n) is 6.31. The molecule has 0 spiro atoms. The zero-order valence-corrected chi connectivity index (χ0v) is 12.7. The van der Waals surface area contributed by atoms with Gasteiger partial charge in [0.15, 0.2) is 0 Å². The summed E-state index contributed by atoms with van der Waals surface area (Å²) in [6.07, 6.45) is 4.00. The molecular weight excluding hydrogens is 299 g/mol. The quantitative estimate of drug-likeness (QED) is 0.894. The van der Waals surface area contributed by atoms with Crippen LogP contribution in [0.15, 0.2) is 18.2 Å². The zero-order chi connectivity index (χ0) is 13.4. The van der Waals surface area contributed by atoms with Crippen molar-refractivity contribution in [3.05, 3.63) is 49.4 Å². The molecule has 0 bridgehead atoms. The predicted octanol–water partition coefficient (Wildman–Crippen LogP) is 4.38. The molecule has 2 nitrogen and oxygen atoms in total. The van der Waals surface area contributed by atoms with Gasteiger partial charge in [-0.25, -0.2) is 4.98 Å². The second-order valence-corrected chi connectivity index (χ2v) is 6.79. The first kappa shape index (κ1) is 13.4. The number of aromatic nitrogens is 1. The van der Waals surface area contributed by atoms with Gasteiger partial charge in [0.25, 0.3) is 0 Å². The largest absolute Gasteiger partial charge is 0.323 e. The van der Waals surface area contributed by atoms with Crippen molar-refractivity contribution in [2.45, 2.75) is 31.7 Å². The van der Waals surface area contributed by atoms with Crippen molar-refractivity contribution in [2.75, 3.05) is 0 Å². The van der Waals surface area contributed by atoms with E-state index in [2.05, 4.69) is 0 Å². The van der Waals surface area contributed by atoms with Crippen LogP contribution in [-0.4, -0.2) is 4.98 Å². The van der Waals surface area contributed by atoms with Gasteiger partial charge in [-0.1, -0.05) is 29.3 Å². The van der Waals surface area contributed by atoms with E-state index in [9.17, 15) is 0 Å². The van der Waals surface area contributed by atoms with Crippen LogP contribution in [0.1, 0.15) is 40.0 Å². The molecule has 0 amide bonds. The topological polar surface area (TPSA) is 38.9 Å². The molecule has 1 aliphatic carbocycles. The molecule has 1 aromatic heterocycles. The monoisotopic (exact) mass is 312 g/mol. The van der Waals surface area contributed by atoms with Crippen molar-refractivity contribution in [1.29, 1.82) is 0 Å². The van der Waals surface area contributed by atoms with Crippen LogP contribution in [-0.2, 0) is 12.8 Å². The lowest BCUT2D eigenvalue weighted by atomic mass is 9.99. The molecule has 1 aliphatic rings. The van der Waals surface area contributed by atoms with Gasteiger partial charge in [0.05, 0.1) is 10.7 Å². The lowest BCUT2D eigenvalue weighted by Gasteiger charge is -2.15. The van der Waals surface area contributed by atoms with Crippen LogP contribution in [0.4, 0.5) is 0 Å². The molecule has 2 N–H and O–H groups in total. The molecule has 1 atom stereocenters. The van der Waals surface area contributed by atoms with E-state index in [1.54, 1.807) is 17.4 Å². The molecule has 0 saturated heterocycles. The highest BCUT2D eigenvalue weighted by molar-refractivity contribution is 7.11.